The minimum absolute atomic E-state index is 0.0967. The number of nitrogens with one attached hydrogen (secondary N) is 1. The summed E-state index contributed by atoms with van der Waals surface area (Å²) in [4.78, 5) is 15.3. The number of urea groups is 1. The Balaban J connectivity index is 1.46. The number of carbonyl (C=O) groups excluding carboxylic acids is 1. The van der Waals surface area contributed by atoms with Crippen LogP contribution in [0.4, 0.5) is 10.6 Å². The monoisotopic (exact) mass is 317 g/mol. The first kappa shape index (κ1) is 15.0. The molecule has 0 radical (unpaired) electrons. The topological polar surface area (TPSA) is 58.4 Å². The number of nitrogens with zero attached hydrogens (tertiary/aromatic N) is 2. The number of hydrogen-bond acceptors (Lipinski definition) is 4. The Kier molecular flexibility index (Phi) is 4.68. The Morgan fingerprint density at radius 1 is 1.45 bits per heavy atom. The standard InChI is InChI=1S/C16H19N3O2S/c1-12-9-15(18-21-12)17-16(20)19-8-7-13(10-19)11-22-14-5-3-2-4-6-14/h2-6,9,13H,7-8,10-11H2,1H3,(H,17,18,20). The molecule has 1 aromatic carbocycles. The van der Waals surface area contributed by atoms with Gasteiger partial charge in [-0.15, -0.1) is 11.8 Å². The Bertz CT molecular complexity index is 629. The van der Waals surface area contributed by atoms with E-state index >= 15 is 0 Å². The number of thioether (sulfide) groups is 1. The molecule has 1 atom stereocenters. The molecule has 1 unspecified atom stereocenters. The lowest BCUT2D eigenvalue weighted by Crippen LogP contribution is -2.33. The quantitative estimate of drug-likeness (QED) is 0.875. The van der Waals surface area contributed by atoms with E-state index in [0.717, 1.165) is 25.3 Å². The number of aryl methyl sites for hydroxylation is 1. The summed E-state index contributed by atoms with van der Waals surface area (Å²) in [5.74, 6) is 2.74. The molecule has 2 aromatic rings. The summed E-state index contributed by atoms with van der Waals surface area (Å²) < 4.78 is 4.95. The van der Waals surface area contributed by atoms with Crippen LogP contribution < -0.4 is 5.32 Å². The second-order valence-electron chi connectivity index (χ2n) is 5.48. The number of hydrogen-bond donors (Lipinski definition) is 1. The maximum absolute atomic E-state index is 12.2. The molecule has 6 heteroatoms. The Morgan fingerprint density at radius 2 is 2.27 bits per heavy atom. The summed E-state index contributed by atoms with van der Waals surface area (Å²) in [5, 5.41) is 6.56. The number of likely N-dealkylation sites (tertiary alicyclic amines) is 1. The van der Waals surface area contributed by atoms with Crippen molar-refractivity contribution in [2.45, 2.75) is 18.2 Å². The molecular formula is C16H19N3O2S. The van der Waals surface area contributed by atoms with Crippen molar-refractivity contribution in [2.75, 3.05) is 24.2 Å². The molecule has 116 valence electrons. The van der Waals surface area contributed by atoms with Crippen molar-refractivity contribution in [1.29, 1.82) is 0 Å². The van der Waals surface area contributed by atoms with E-state index in [1.165, 1.54) is 4.90 Å². The van der Waals surface area contributed by atoms with Crippen molar-refractivity contribution in [3.63, 3.8) is 0 Å². The van der Waals surface area contributed by atoms with Gasteiger partial charge >= 0.3 is 6.03 Å². The highest BCUT2D eigenvalue weighted by atomic mass is 32.2. The summed E-state index contributed by atoms with van der Waals surface area (Å²) in [6.07, 6.45) is 1.05. The largest absolute Gasteiger partial charge is 0.360 e. The summed E-state index contributed by atoms with van der Waals surface area (Å²) in [6, 6.07) is 12.0. The highest BCUT2D eigenvalue weighted by molar-refractivity contribution is 7.99. The van der Waals surface area contributed by atoms with Gasteiger partial charge in [-0.3, -0.25) is 5.32 Å². The zero-order chi connectivity index (χ0) is 15.4. The van der Waals surface area contributed by atoms with Crippen LogP contribution in [0.2, 0.25) is 0 Å². The number of rotatable bonds is 4. The molecule has 1 N–H and O–H groups in total. The number of amides is 2. The third kappa shape index (κ3) is 3.82. The normalized spacial score (nSPS) is 17.7. The van der Waals surface area contributed by atoms with Crippen LogP contribution in [0.25, 0.3) is 0 Å². The molecule has 1 aromatic heterocycles. The Morgan fingerprint density at radius 3 is 3.00 bits per heavy atom. The second kappa shape index (κ2) is 6.87. The molecule has 3 rings (SSSR count). The lowest BCUT2D eigenvalue weighted by molar-refractivity contribution is 0.221. The zero-order valence-electron chi connectivity index (χ0n) is 12.5. The van der Waals surface area contributed by atoms with Crippen LogP contribution in [0.1, 0.15) is 12.2 Å². The van der Waals surface area contributed by atoms with E-state index in [-0.39, 0.29) is 6.03 Å². The number of anilines is 1. The smallest absolute Gasteiger partial charge is 0.323 e. The van der Waals surface area contributed by atoms with Crippen molar-refractivity contribution in [3.8, 4) is 0 Å². The molecule has 2 amide bonds. The van der Waals surface area contributed by atoms with Gasteiger partial charge in [0, 0.05) is 29.8 Å². The molecule has 1 saturated heterocycles. The summed E-state index contributed by atoms with van der Waals surface area (Å²) >= 11 is 1.85. The van der Waals surface area contributed by atoms with Gasteiger partial charge in [-0.25, -0.2) is 4.79 Å². The maximum atomic E-state index is 12.2. The molecule has 1 aliphatic heterocycles. The number of aromatic nitrogens is 1. The van der Waals surface area contributed by atoms with Crippen molar-refractivity contribution < 1.29 is 9.32 Å². The van der Waals surface area contributed by atoms with E-state index in [9.17, 15) is 4.79 Å². The van der Waals surface area contributed by atoms with Gasteiger partial charge in [0.05, 0.1) is 0 Å². The predicted octanol–water partition coefficient (Wildman–Crippen LogP) is 3.63. The molecule has 0 aliphatic carbocycles. The van der Waals surface area contributed by atoms with Gasteiger partial charge in [0.1, 0.15) is 5.76 Å². The molecule has 1 fully saturated rings. The average Bonchev–Trinajstić information content (AvgIpc) is 3.15. The van der Waals surface area contributed by atoms with E-state index in [1.54, 1.807) is 13.0 Å². The van der Waals surface area contributed by atoms with E-state index in [4.69, 9.17) is 4.52 Å². The van der Waals surface area contributed by atoms with Crippen LogP contribution >= 0.6 is 11.8 Å². The third-order valence-electron chi connectivity index (χ3n) is 3.66. The van der Waals surface area contributed by atoms with E-state index in [2.05, 4.69) is 34.7 Å². The van der Waals surface area contributed by atoms with Crippen LogP contribution in [0.15, 0.2) is 45.8 Å². The van der Waals surface area contributed by atoms with E-state index < -0.39 is 0 Å². The first-order valence-electron chi connectivity index (χ1n) is 7.38. The highest BCUT2D eigenvalue weighted by Crippen LogP contribution is 2.26. The van der Waals surface area contributed by atoms with Crippen LogP contribution in [0, 0.1) is 12.8 Å². The molecule has 0 spiro atoms. The summed E-state index contributed by atoms with van der Waals surface area (Å²) in [5.41, 5.74) is 0. The summed E-state index contributed by atoms with van der Waals surface area (Å²) in [7, 11) is 0. The maximum Gasteiger partial charge on any atom is 0.323 e. The molecule has 5 nitrogen and oxygen atoms in total. The summed E-state index contributed by atoms with van der Waals surface area (Å²) in [6.45, 7) is 3.39. The molecule has 1 aliphatic rings. The molecule has 0 saturated carbocycles. The first-order chi connectivity index (χ1) is 10.7. The Hall–Kier alpha value is -1.95. The molecular weight excluding hydrogens is 298 g/mol. The van der Waals surface area contributed by atoms with Gasteiger partial charge in [0.2, 0.25) is 0 Å². The van der Waals surface area contributed by atoms with Gasteiger partial charge in [-0.2, -0.15) is 0 Å². The first-order valence-corrected chi connectivity index (χ1v) is 8.36. The molecule has 2 heterocycles. The SMILES string of the molecule is Cc1cc(NC(=O)N2CCC(CSc3ccccc3)C2)no1. The minimum Gasteiger partial charge on any atom is -0.360 e. The van der Waals surface area contributed by atoms with Crippen molar-refractivity contribution >= 4 is 23.6 Å². The fourth-order valence-corrected chi connectivity index (χ4v) is 3.55. The number of carbonyl (C=O) groups is 1. The van der Waals surface area contributed by atoms with Crippen LogP contribution in [0.3, 0.4) is 0 Å². The van der Waals surface area contributed by atoms with E-state index in [0.29, 0.717) is 17.5 Å². The zero-order valence-corrected chi connectivity index (χ0v) is 13.3. The Labute approximate surface area is 134 Å². The second-order valence-corrected chi connectivity index (χ2v) is 6.57. The van der Waals surface area contributed by atoms with Crippen molar-refractivity contribution in [1.82, 2.24) is 10.1 Å². The fourth-order valence-electron chi connectivity index (χ4n) is 2.50. The van der Waals surface area contributed by atoms with Gasteiger partial charge < -0.3 is 9.42 Å². The molecule has 0 bridgehead atoms. The number of benzene rings is 1. The fraction of sp³-hybridized carbons (Fsp3) is 0.375. The van der Waals surface area contributed by atoms with Gasteiger partial charge in [0.15, 0.2) is 5.82 Å². The third-order valence-corrected chi connectivity index (χ3v) is 4.91. The van der Waals surface area contributed by atoms with Gasteiger partial charge in [-0.1, -0.05) is 23.4 Å². The average molecular weight is 317 g/mol. The van der Waals surface area contributed by atoms with Gasteiger partial charge in [-0.05, 0) is 31.4 Å². The van der Waals surface area contributed by atoms with Gasteiger partial charge in [0.25, 0.3) is 0 Å². The lowest BCUT2D eigenvalue weighted by atomic mass is 10.2. The van der Waals surface area contributed by atoms with Crippen molar-refractivity contribution in [3.05, 3.63) is 42.2 Å². The van der Waals surface area contributed by atoms with E-state index in [1.807, 2.05) is 22.7 Å². The highest BCUT2D eigenvalue weighted by Gasteiger charge is 2.26. The van der Waals surface area contributed by atoms with Crippen LogP contribution in [-0.4, -0.2) is 34.9 Å². The lowest BCUT2D eigenvalue weighted by Gasteiger charge is -2.16. The predicted molar refractivity (Wildman–Crippen MR) is 87.1 cm³/mol. The van der Waals surface area contributed by atoms with Crippen molar-refractivity contribution in [2.24, 2.45) is 5.92 Å². The van der Waals surface area contributed by atoms with Crippen LogP contribution in [-0.2, 0) is 0 Å². The minimum atomic E-state index is -0.0967. The van der Waals surface area contributed by atoms with Crippen LogP contribution in [0.5, 0.6) is 0 Å². The molecule has 22 heavy (non-hydrogen) atoms.